The van der Waals surface area contributed by atoms with Crippen LogP contribution in [0.1, 0.15) is 35.6 Å². The summed E-state index contributed by atoms with van der Waals surface area (Å²) in [6.45, 7) is 1.77. The fraction of sp³-hybridized carbons (Fsp3) is 0.278. The fourth-order valence-electron chi connectivity index (χ4n) is 2.91. The average Bonchev–Trinajstić information content (AvgIpc) is 2.84. The number of amides is 1. The lowest BCUT2D eigenvalue weighted by Crippen LogP contribution is -2.40. The first-order chi connectivity index (χ1) is 10.6. The molecule has 2 N–H and O–H groups in total. The van der Waals surface area contributed by atoms with Gasteiger partial charge in [0.05, 0.1) is 18.1 Å². The third kappa shape index (κ3) is 2.74. The van der Waals surface area contributed by atoms with Crippen molar-refractivity contribution in [2.24, 2.45) is 0 Å². The SMILES string of the molecule is C[C@H](C(=O)N[C@@H]1Cc2ccccc2[C@H]1O)c1ccc(F)cc1. The van der Waals surface area contributed by atoms with Gasteiger partial charge in [0, 0.05) is 0 Å². The Morgan fingerprint density at radius 2 is 1.91 bits per heavy atom. The Morgan fingerprint density at radius 1 is 1.23 bits per heavy atom. The number of nitrogens with one attached hydrogen (secondary N) is 1. The van der Waals surface area contributed by atoms with E-state index in [1.165, 1.54) is 12.1 Å². The quantitative estimate of drug-likeness (QED) is 0.915. The van der Waals surface area contributed by atoms with Crippen LogP contribution in [0.25, 0.3) is 0 Å². The summed E-state index contributed by atoms with van der Waals surface area (Å²) in [7, 11) is 0. The van der Waals surface area contributed by atoms with E-state index in [2.05, 4.69) is 5.32 Å². The Labute approximate surface area is 128 Å². The molecule has 1 aliphatic carbocycles. The Kier molecular flexibility index (Phi) is 3.94. The summed E-state index contributed by atoms with van der Waals surface area (Å²) in [5.41, 5.74) is 2.70. The highest BCUT2D eigenvalue weighted by Crippen LogP contribution is 2.31. The van der Waals surface area contributed by atoms with E-state index in [4.69, 9.17) is 0 Å². The number of aliphatic hydroxyl groups is 1. The maximum atomic E-state index is 12.9. The molecule has 0 saturated carbocycles. The molecule has 0 bridgehead atoms. The van der Waals surface area contributed by atoms with Crippen molar-refractivity contribution < 1.29 is 14.3 Å². The number of hydrogen-bond acceptors (Lipinski definition) is 2. The lowest BCUT2D eigenvalue weighted by atomic mass is 9.99. The molecule has 114 valence electrons. The van der Waals surface area contributed by atoms with Crippen molar-refractivity contribution in [2.75, 3.05) is 0 Å². The second-order valence-corrected chi connectivity index (χ2v) is 5.74. The van der Waals surface area contributed by atoms with E-state index in [0.29, 0.717) is 6.42 Å². The number of benzene rings is 2. The van der Waals surface area contributed by atoms with Crippen LogP contribution in [-0.2, 0) is 11.2 Å². The van der Waals surface area contributed by atoms with Gasteiger partial charge < -0.3 is 10.4 Å². The summed E-state index contributed by atoms with van der Waals surface area (Å²) >= 11 is 0. The molecule has 2 aromatic rings. The van der Waals surface area contributed by atoms with Crippen LogP contribution >= 0.6 is 0 Å². The first-order valence-electron chi connectivity index (χ1n) is 7.38. The highest BCUT2D eigenvalue weighted by molar-refractivity contribution is 5.83. The Bertz CT molecular complexity index is 684. The number of hydrogen-bond donors (Lipinski definition) is 2. The van der Waals surface area contributed by atoms with Gasteiger partial charge in [-0.15, -0.1) is 0 Å². The van der Waals surface area contributed by atoms with Gasteiger partial charge in [0.25, 0.3) is 0 Å². The molecule has 0 radical (unpaired) electrons. The van der Waals surface area contributed by atoms with E-state index < -0.39 is 12.0 Å². The van der Waals surface area contributed by atoms with E-state index in [-0.39, 0.29) is 17.8 Å². The van der Waals surface area contributed by atoms with Crippen molar-refractivity contribution in [1.82, 2.24) is 5.32 Å². The second-order valence-electron chi connectivity index (χ2n) is 5.74. The molecule has 4 heteroatoms. The van der Waals surface area contributed by atoms with Gasteiger partial charge in [-0.2, -0.15) is 0 Å². The maximum Gasteiger partial charge on any atom is 0.227 e. The zero-order valence-electron chi connectivity index (χ0n) is 12.3. The maximum absolute atomic E-state index is 12.9. The average molecular weight is 299 g/mol. The van der Waals surface area contributed by atoms with Crippen LogP contribution in [0.15, 0.2) is 48.5 Å². The van der Waals surface area contributed by atoms with Gasteiger partial charge in [-0.1, -0.05) is 36.4 Å². The number of carbonyl (C=O) groups excluding carboxylic acids is 1. The van der Waals surface area contributed by atoms with Crippen LogP contribution in [-0.4, -0.2) is 17.1 Å². The number of halogens is 1. The third-order valence-corrected chi connectivity index (χ3v) is 4.29. The minimum atomic E-state index is -0.680. The molecule has 22 heavy (non-hydrogen) atoms. The van der Waals surface area contributed by atoms with Crippen molar-refractivity contribution in [3.05, 3.63) is 71.0 Å². The van der Waals surface area contributed by atoms with E-state index >= 15 is 0 Å². The minimum Gasteiger partial charge on any atom is -0.386 e. The summed E-state index contributed by atoms with van der Waals surface area (Å²) in [4.78, 5) is 12.4. The van der Waals surface area contributed by atoms with Crippen LogP contribution < -0.4 is 5.32 Å². The van der Waals surface area contributed by atoms with Crippen molar-refractivity contribution in [1.29, 1.82) is 0 Å². The first-order valence-corrected chi connectivity index (χ1v) is 7.38. The smallest absolute Gasteiger partial charge is 0.227 e. The molecule has 0 aromatic heterocycles. The summed E-state index contributed by atoms with van der Waals surface area (Å²) in [6.07, 6.45) is -0.0558. The Morgan fingerprint density at radius 3 is 2.59 bits per heavy atom. The van der Waals surface area contributed by atoms with E-state index in [0.717, 1.165) is 16.7 Å². The zero-order chi connectivity index (χ0) is 15.7. The van der Waals surface area contributed by atoms with Gasteiger partial charge in [0.2, 0.25) is 5.91 Å². The van der Waals surface area contributed by atoms with E-state index in [1.54, 1.807) is 19.1 Å². The van der Waals surface area contributed by atoms with Gasteiger partial charge in [-0.3, -0.25) is 4.79 Å². The standard InChI is InChI=1S/C18H18FNO2/c1-11(12-6-8-14(19)9-7-12)18(22)20-16-10-13-4-2-3-5-15(13)17(16)21/h2-9,11,16-17,21H,10H2,1H3,(H,20,22)/t11-,16+,17+/m0/s1. The number of aliphatic hydroxyl groups excluding tert-OH is 1. The first kappa shape index (κ1) is 14.7. The van der Waals surface area contributed by atoms with E-state index in [1.807, 2.05) is 24.3 Å². The predicted molar refractivity (Wildman–Crippen MR) is 81.9 cm³/mol. The topological polar surface area (TPSA) is 49.3 Å². The number of rotatable bonds is 3. The normalized spacial score (nSPS) is 21.2. The molecule has 3 nitrogen and oxygen atoms in total. The third-order valence-electron chi connectivity index (χ3n) is 4.29. The van der Waals surface area contributed by atoms with Crippen molar-refractivity contribution in [3.63, 3.8) is 0 Å². The molecule has 2 aromatic carbocycles. The molecule has 1 amide bonds. The van der Waals surface area contributed by atoms with Crippen molar-refractivity contribution >= 4 is 5.91 Å². The molecule has 0 saturated heterocycles. The van der Waals surface area contributed by atoms with Gasteiger partial charge >= 0.3 is 0 Å². The number of fused-ring (bicyclic) bond motifs is 1. The summed E-state index contributed by atoms with van der Waals surface area (Å²) < 4.78 is 12.9. The molecule has 0 spiro atoms. The lowest BCUT2D eigenvalue weighted by molar-refractivity contribution is -0.123. The molecule has 3 atom stereocenters. The van der Waals surface area contributed by atoms with Crippen molar-refractivity contribution in [3.8, 4) is 0 Å². The Balaban J connectivity index is 1.69. The van der Waals surface area contributed by atoms with Crippen LogP contribution in [0.3, 0.4) is 0 Å². The molecule has 0 aliphatic heterocycles. The van der Waals surface area contributed by atoms with Crippen LogP contribution in [0.2, 0.25) is 0 Å². The summed E-state index contributed by atoms with van der Waals surface area (Å²) in [6, 6.07) is 13.3. The molecular weight excluding hydrogens is 281 g/mol. The predicted octanol–water partition coefficient (Wildman–Crippen LogP) is 2.70. The van der Waals surface area contributed by atoms with Gasteiger partial charge in [0.1, 0.15) is 5.82 Å². The Hall–Kier alpha value is -2.20. The van der Waals surface area contributed by atoms with Crippen LogP contribution in [0.4, 0.5) is 4.39 Å². The zero-order valence-corrected chi connectivity index (χ0v) is 12.3. The number of carbonyl (C=O) groups is 1. The summed E-state index contributed by atoms with van der Waals surface area (Å²) in [5, 5.41) is 13.2. The monoisotopic (exact) mass is 299 g/mol. The van der Waals surface area contributed by atoms with E-state index in [9.17, 15) is 14.3 Å². The molecule has 0 fully saturated rings. The molecule has 3 rings (SSSR count). The molecular formula is C18H18FNO2. The van der Waals surface area contributed by atoms with Crippen LogP contribution in [0, 0.1) is 5.82 Å². The highest BCUT2D eigenvalue weighted by Gasteiger charge is 2.32. The van der Waals surface area contributed by atoms with Crippen LogP contribution in [0.5, 0.6) is 0 Å². The molecule has 0 unspecified atom stereocenters. The van der Waals surface area contributed by atoms with Gasteiger partial charge in [-0.05, 0) is 42.2 Å². The fourth-order valence-corrected chi connectivity index (χ4v) is 2.91. The van der Waals surface area contributed by atoms with Gasteiger partial charge in [0.15, 0.2) is 0 Å². The van der Waals surface area contributed by atoms with Crippen molar-refractivity contribution in [2.45, 2.75) is 31.4 Å². The highest BCUT2D eigenvalue weighted by atomic mass is 19.1. The molecule has 0 heterocycles. The van der Waals surface area contributed by atoms with Gasteiger partial charge in [-0.25, -0.2) is 4.39 Å². The second kappa shape index (κ2) is 5.89. The largest absolute Gasteiger partial charge is 0.386 e. The summed E-state index contributed by atoms with van der Waals surface area (Å²) in [5.74, 6) is -0.877. The molecule has 1 aliphatic rings. The lowest BCUT2D eigenvalue weighted by Gasteiger charge is -2.20. The minimum absolute atomic E-state index is 0.163.